The molecule has 2 fully saturated rings. The van der Waals surface area contributed by atoms with E-state index in [0.29, 0.717) is 19.2 Å². The number of aryl methyl sites for hydroxylation is 1. The monoisotopic (exact) mass is 627 g/mol. The highest BCUT2D eigenvalue weighted by atomic mass is 16.5. The first-order chi connectivity index (χ1) is 22.2. The van der Waals surface area contributed by atoms with Crippen molar-refractivity contribution in [1.29, 1.82) is 0 Å². The molecule has 9 heteroatoms. The van der Waals surface area contributed by atoms with Gasteiger partial charge in [0.2, 0.25) is 0 Å². The van der Waals surface area contributed by atoms with E-state index in [-0.39, 0.29) is 17.5 Å². The molecule has 3 aromatic rings. The molecule has 2 aromatic heterocycles. The molecular weight excluding hydrogens is 578 g/mol. The van der Waals surface area contributed by atoms with Crippen LogP contribution in [0.3, 0.4) is 0 Å². The van der Waals surface area contributed by atoms with Gasteiger partial charge in [-0.2, -0.15) is 0 Å². The molecule has 3 aliphatic heterocycles. The van der Waals surface area contributed by atoms with Crippen molar-refractivity contribution < 1.29 is 19.0 Å². The van der Waals surface area contributed by atoms with Gasteiger partial charge in [-0.15, -0.1) is 0 Å². The van der Waals surface area contributed by atoms with Crippen LogP contribution in [0.5, 0.6) is 0 Å². The fourth-order valence-corrected chi connectivity index (χ4v) is 7.22. The molecule has 0 saturated carbocycles. The number of aliphatic imine (C=N–C) groups is 1. The second kappa shape index (κ2) is 13.7. The summed E-state index contributed by atoms with van der Waals surface area (Å²) in [6.45, 7) is 17.4. The third kappa shape index (κ3) is 6.64. The molecule has 2 atom stereocenters. The van der Waals surface area contributed by atoms with Crippen LogP contribution in [0.2, 0.25) is 0 Å². The number of carbonyl (C=O) groups excluding carboxylic acids is 1. The lowest BCUT2D eigenvalue weighted by Gasteiger charge is -2.44. The Morgan fingerprint density at radius 3 is 2.78 bits per heavy atom. The fraction of sp³-hybridized carbons (Fsp3) is 0.541. The predicted molar refractivity (Wildman–Crippen MR) is 185 cm³/mol. The van der Waals surface area contributed by atoms with Crippen molar-refractivity contribution in [3.05, 3.63) is 53.4 Å². The average Bonchev–Trinajstić information content (AvgIpc) is 3.38. The molecule has 3 aliphatic rings. The predicted octanol–water partition coefficient (Wildman–Crippen LogP) is 5.94. The summed E-state index contributed by atoms with van der Waals surface area (Å²) in [5.74, 6) is -0.257. The molecule has 0 unspecified atom stereocenters. The van der Waals surface area contributed by atoms with Crippen LogP contribution in [0.15, 0.2) is 41.5 Å². The molecule has 6 rings (SSSR count). The topological polar surface area (TPSA) is 81.4 Å². The van der Waals surface area contributed by atoms with Crippen molar-refractivity contribution in [3.8, 4) is 11.3 Å². The highest BCUT2D eigenvalue weighted by Gasteiger charge is 2.32. The molecule has 0 aliphatic carbocycles. The summed E-state index contributed by atoms with van der Waals surface area (Å²) < 4.78 is 19.8. The number of esters is 1. The van der Waals surface area contributed by atoms with Crippen LogP contribution in [0.4, 0.5) is 5.69 Å². The maximum absolute atomic E-state index is 11.9. The zero-order chi connectivity index (χ0) is 32.4. The number of hydrogen-bond acceptors (Lipinski definition) is 8. The zero-order valence-electron chi connectivity index (χ0n) is 28.3. The quantitative estimate of drug-likeness (QED) is 0.257. The van der Waals surface area contributed by atoms with Crippen LogP contribution >= 0.6 is 0 Å². The van der Waals surface area contributed by atoms with Gasteiger partial charge in [0.1, 0.15) is 0 Å². The van der Waals surface area contributed by atoms with Crippen LogP contribution in [0.25, 0.3) is 27.7 Å². The number of hydrogen-bond donors (Lipinski definition) is 0. The van der Waals surface area contributed by atoms with Crippen molar-refractivity contribution in [3.63, 3.8) is 0 Å². The Hall–Kier alpha value is -3.53. The van der Waals surface area contributed by atoms with Gasteiger partial charge in [0.25, 0.3) is 0 Å². The normalized spacial score (nSPS) is 19.7. The number of pyridine rings is 1. The molecule has 46 heavy (non-hydrogen) atoms. The number of dihydropyridines is 1. The maximum Gasteiger partial charge on any atom is 0.302 e. The van der Waals surface area contributed by atoms with Gasteiger partial charge in [0.15, 0.2) is 0 Å². The van der Waals surface area contributed by atoms with Crippen LogP contribution < -0.4 is 4.90 Å². The molecular formula is C37H49N5O4. The highest BCUT2D eigenvalue weighted by molar-refractivity contribution is 5.95. The Bertz CT molecular complexity index is 1640. The summed E-state index contributed by atoms with van der Waals surface area (Å²) in [4.78, 5) is 26.6. The van der Waals surface area contributed by atoms with Crippen molar-refractivity contribution in [2.24, 2.45) is 10.4 Å². The molecule has 0 bridgehead atoms. The summed E-state index contributed by atoms with van der Waals surface area (Å²) >= 11 is 0. The van der Waals surface area contributed by atoms with E-state index in [9.17, 15) is 4.79 Å². The van der Waals surface area contributed by atoms with E-state index in [0.717, 1.165) is 81.4 Å². The third-order valence-corrected chi connectivity index (χ3v) is 9.74. The summed E-state index contributed by atoms with van der Waals surface area (Å²) in [5, 5.41) is 1.22. The number of nitrogens with zero attached hydrogens (tertiary/aromatic N) is 5. The van der Waals surface area contributed by atoms with Gasteiger partial charge in [0, 0.05) is 81.3 Å². The molecule has 1 aromatic carbocycles. The molecule has 246 valence electrons. The van der Waals surface area contributed by atoms with Gasteiger partial charge < -0.3 is 23.7 Å². The number of methoxy groups -OCH3 is 1. The third-order valence-electron chi connectivity index (χ3n) is 9.74. The van der Waals surface area contributed by atoms with Crippen molar-refractivity contribution >= 4 is 34.3 Å². The van der Waals surface area contributed by atoms with Crippen LogP contribution in [0, 0.1) is 5.41 Å². The molecule has 0 radical (unpaired) electrons. The Morgan fingerprint density at radius 2 is 2.04 bits per heavy atom. The van der Waals surface area contributed by atoms with Crippen LogP contribution in [0.1, 0.15) is 64.0 Å². The Morgan fingerprint density at radius 1 is 1.20 bits per heavy atom. The minimum atomic E-state index is -0.299. The number of piperazine rings is 1. The number of anilines is 1. The minimum Gasteiger partial charge on any atom is -0.465 e. The van der Waals surface area contributed by atoms with E-state index >= 15 is 0 Å². The molecule has 9 nitrogen and oxygen atoms in total. The number of allylic oxidation sites excluding steroid dienone is 1. The first kappa shape index (κ1) is 32.4. The average molecular weight is 628 g/mol. The van der Waals surface area contributed by atoms with Gasteiger partial charge in [-0.25, -0.2) is 0 Å². The van der Waals surface area contributed by atoms with Crippen molar-refractivity contribution in [1.82, 2.24) is 14.5 Å². The van der Waals surface area contributed by atoms with E-state index in [2.05, 4.69) is 77.4 Å². The Balaban J connectivity index is 1.53. The fourth-order valence-electron chi connectivity index (χ4n) is 7.22. The first-order valence-electron chi connectivity index (χ1n) is 16.7. The summed E-state index contributed by atoms with van der Waals surface area (Å²) in [5.41, 5.74) is 8.88. The number of benzene rings is 1. The molecule has 0 N–H and O–H groups in total. The number of aromatic nitrogens is 2. The number of morpholine rings is 1. The van der Waals surface area contributed by atoms with Gasteiger partial charge in [0.05, 0.1) is 61.8 Å². The second-order valence-corrected chi connectivity index (χ2v) is 13.6. The van der Waals surface area contributed by atoms with E-state index in [1.807, 2.05) is 12.4 Å². The largest absolute Gasteiger partial charge is 0.465 e. The first-order valence-corrected chi connectivity index (χ1v) is 16.7. The summed E-state index contributed by atoms with van der Waals surface area (Å²) in [6.07, 6.45) is 7.66. The second-order valence-electron chi connectivity index (χ2n) is 13.6. The van der Waals surface area contributed by atoms with Gasteiger partial charge in [-0.3, -0.25) is 19.7 Å². The van der Waals surface area contributed by atoms with Crippen LogP contribution in [-0.2, 0) is 32.0 Å². The van der Waals surface area contributed by atoms with Crippen LogP contribution in [-0.4, -0.2) is 92.3 Å². The summed E-state index contributed by atoms with van der Waals surface area (Å²) in [7, 11) is 1.75. The smallest absolute Gasteiger partial charge is 0.302 e. The molecule has 0 spiro atoms. The number of carbonyl (C=O) groups is 1. The maximum atomic E-state index is 11.9. The zero-order valence-corrected chi connectivity index (χ0v) is 28.3. The molecule has 2 saturated heterocycles. The van der Waals surface area contributed by atoms with Crippen molar-refractivity contribution in [2.45, 2.75) is 66.2 Å². The van der Waals surface area contributed by atoms with Gasteiger partial charge in [-0.05, 0) is 55.2 Å². The summed E-state index contributed by atoms with van der Waals surface area (Å²) in [6, 6.07) is 9.56. The van der Waals surface area contributed by atoms with E-state index in [1.165, 1.54) is 34.5 Å². The Labute approximate surface area is 273 Å². The van der Waals surface area contributed by atoms with E-state index in [4.69, 9.17) is 19.2 Å². The lowest BCUT2D eigenvalue weighted by Crippen LogP contribution is -2.58. The molecule has 5 heterocycles. The van der Waals surface area contributed by atoms with E-state index < -0.39 is 0 Å². The standard InChI is InChI=1S/C37H49N5O4/c1-7-42-34-11-10-27(28-9-8-12-38-20-28)17-31(34)33(19-37(4,5)24-46-26(3)43)36(42)32-18-29(21-39-35(32)25(2)44-6)41-14-13-40-15-16-45-23-30(40)22-41/h9-12,17-18,21,25,30H,7-8,13-16,19-20,22-24H2,1-6H3/t25-,30-/m0/s1. The number of ether oxygens (including phenoxy) is 3. The minimum absolute atomic E-state index is 0.196. The molecule has 0 amide bonds. The number of fused-ring (bicyclic) bond motifs is 2. The lowest BCUT2D eigenvalue weighted by molar-refractivity contribution is -0.143. The van der Waals surface area contributed by atoms with E-state index in [1.54, 1.807) is 7.11 Å². The lowest BCUT2D eigenvalue weighted by atomic mass is 9.84. The van der Waals surface area contributed by atoms with Gasteiger partial charge >= 0.3 is 5.97 Å². The SMILES string of the molecule is CCn1c(-c2cc(N3CCN4CCOC[C@@H]4C3)cnc2[C@H](C)OC)c(CC(C)(C)COC(C)=O)c2cc(C3=CCC=NC3)ccc21. The Kier molecular flexibility index (Phi) is 9.64. The van der Waals surface area contributed by atoms with Gasteiger partial charge in [-0.1, -0.05) is 26.0 Å². The highest BCUT2D eigenvalue weighted by Crippen LogP contribution is 2.42. The number of rotatable bonds is 10. The van der Waals surface area contributed by atoms with Crippen molar-refractivity contribution in [2.75, 3.05) is 64.6 Å².